The van der Waals surface area contributed by atoms with Gasteiger partial charge in [-0.3, -0.25) is 4.79 Å². The molecule has 0 unspecified atom stereocenters. The maximum absolute atomic E-state index is 11.0. The summed E-state index contributed by atoms with van der Waals surface area (Å²) in [6.07, 6.45) is 3.89. The van der Waals surface area contributed by atoms with Crippen molar-refractivity contribution < 1.29 is 19.0 Å². The van der Waals surface area contributed by atoms with E-state index in [1.54, 1.807) is 0 Å². The van der Waals surface area contributed by atoms with Crippen LogP contribution < -0.4 is 10.5 Å². The molecule has 1 aromatic rings. The van der Waals surface area contributed by atoms with Gasteiger partial charge in [-0.25, -0.2) is 0 Å². The lowest BCUT2D eigenvalue weighted by atomic mass is 10.1. The summed E-state index contributed by atoms with van der Waals surface area (Å²) in [6, 6.07) is 7.99. The van der Waals surface area contributed by atoms with E-state index >= 15 is 0 Å². The molecule has 0 saturated heterocycles. The molecule has 2 N–H and O–H groups in total. The summed E-state index contributed by atoms with van der Waals surface area (Å²) in [5.41, 5.74) is 6.58. The van der Waals surface area contributed by atoms with Gasteiger partial charge >= 0.3 is 5.97 Å². The molecule has 0 radical (unpaired) electrons. The van der Waals surface area contributed by atoms with Gasteiger partial charge in [-0.2, -0.15) is 0 Å². The van der Waals surface area contributed by atoms with Crippen molar-refractivity contribution in [2.75, 3.05) is 33.5 Å². The molecule has 0 amide bonds. The Morgan fingerprint density at radius 3 is 2.45 bits per heavy atom. The van der Waals surface area contributed by atoms with Gasteiger partial charge in [0.25, 0.3) is 0 Å². The van der Waals surface area contributed by atoms with E-state index in [-0.39, 0.29) is 5.97 Å². The second-order valence-corrected chi connectivity index (χ2v) is 5.03. The summed E-state index contributed by atoms with van der Waals surface area (Å²) in [5.74, 6) is 0.701. The molecule has 0 fully saturated rings. The Bertz CT molecular complexity index is 406. The molecule has 1 aromatic carbocycles. The number of benzene rings is 1. The standard InChI is InChI=1S/C17H27NO4/c1-20-17(19)6-2-5-15-7-9-16(10-8-15)22-14-4-13-21-12-3-11-18/h7-10H,2-6,11-14,18H2,1H3. The zero-order valence-corrected chi connectivity index (χ0v) is 13.4. The van der Waals surface area contributed by atoms with Crippen LogP contribution in [0.3, 0.4) is 0 Å². The molecular formula is C17H27NO4. The molecule has 5 heteroatoms. The Morgan fingerprint density at radius 1 is 1.05 bits per heavy atom. The predicted molar refractivity (Wildman–Crippen MR) is 86.0 cm³/mol. The van der Waals surface area contributed by atoms with Gasteiger partial charge in [-0.15, -0.1) is 0 Å². The highest BCUT2D eigenvalue weighted by Gasteiger charge is 2.01. The third-order valence-electron chi connectivity index (χ3n) is 3.19. The minimum Gasteiger partial charge on any atom is -0.494 e. The Labute approximate surface area is 132 Å². The average molecular weight is 309 g/mol. The zero-order valence-electron chi connectivity index (χ0n) is 13.4. The quantitative estimate of drug-likeness (QED) is 0.474. The molecule has 0 spiro atoms. The molecule has 0 bridgehead atoms. The number of hydrogen-bond acceptors (Lipinski definition) is 5. The fourth-order valence-electron chi connectivity index (χ4n) is 1.93. The van der Waals surface area contributed by atoms with Gasteiger partial charge < -0.3 is 19.9 Å². The van der Waals surface area contributed by atoms with Crippen LogP contribution in [-0.4, -0.2) is 39.4 Å². The summed E-state index contributed by atoms with van der Waals surface area (Å²) >= 11 is 0. The van der Waals surface area contributed by atoms with Gasteiger partial charge in [0, 0.05) is 26.1 Å². The molecule has 5 nitrogen and oxygen atoms in total. The number of carbonyl (C=O) groups excluding carboxylic acids is 1. The van der Waals surface area contributed by atoms with E-state index in [1.165, 1.54) is 12.7 Å². The summed E-state index contributed by atoms with van der Waals surface area (Å²) in [7, 11) is 1.41. The van der Waals surface area contributed by atoms with E-state index in [2.05, 4.69) is 4.74 Å². The van der Waals surface area contributed by atoms with E-state index in [0.717, 1.165) is 38.0 Å². The molecule has 0 atom stereocenters. The van der Waals surface area contributed by atoms with Crippen molar-refractivity contribution >= 4 is 5.97 Å². The molecule has 0 aliphatic heterocycles. The Balaban J connectivity index is 2.12. The van der Waals surface area contributed by atoms with Crippen LogP contribution in [0.4, 0.5) is 0 Å². The minimum absolute atomic E-state index is 0.159. The van der Waals surface area contributed by atoms with E-state index in [1.807, 2.05) is 24.3 Å². The number of ether oxygens (including phenoxy) is 3. The number of methoxy groups -OCH3 is 1. The van der Waals surface area contributed by atoms with Gasteiger partial charge in [-0.05, 0) is 43.5 Å². The highest BCUT2D eigenvalue weighted by atomic mass is 16.5. The van der Waals surface area contributed by atoms with Crippen molar-refractivity contribution in [2.24, 2.45) is 5.73 Å². The topological polar surface area (TPSA) is 70.8 Å². The highest BCUT2D eigenvalue weighted by molar-refractivity contribution is 5.69. The van der Waals surface area contributed by atoms with E-state index < -0.39 is 0 Å². The SMILES string of the molecule is COC(=O)CCCc1ccc(OCCCOCCCN)cc1. The van der Waals surface area contributed by atoms with Crippen molar-refractivity contribution in [3.8, 4) is 5.75 Å². The number of rotatable bonds is 12. The number of esters is 1. The van der Waals surface area contributed by atoms with Gasteiger partial charge in [-0.1, -0.05) is 12.1 Å². The third kappa shape index (κ3) is 8.64. The van der Waals surface area contributed by atoms with E-state index in [4.69, 9.17) is 15.2 Å². The number of hydrogen-bond donors (Lipinski definition) is 1. The molecule has 0 aromatic heterocycles. The van der Waals surface area contributed by atoms with Crippen LogP contribution in [0.15, 0.2) is 24.3 Å². The lowest BCUT2D eigenvalue weighted by Gasteiger charge is -2.08. The van der Waals surface area contributed by atoms with Crippen LogP contribution in [0, 0.1) is 0 Å². The fourth-order valence-corrected chi connectivity index (χ4v) is 1.93. The second kappa shape index (κ2) is 12.0. The second-order valence-electron chi connectivity index (χ2n) is 5.03. The predicted octanol–water partition coefficient (Wildman–Crippen LogP) is 2.32. The fraction of sp³-hybridized carbons (Fsp3) is 0.588. The maximum atomic E-state index is 11.0. The van der Waals surface area contributed by atoms with Crippen LogP contribution >= 0.6 is 0 Å². The van der Waals surface area contributed by atoms with E-state index in [0.29, 0.717) is 26.2 Å². The Morgan fingerprint density at radius 2 is 1.77 bits per heavy atom. The normalized spacial score (nSPS) is 10.5. The molecule has 0 heterocycles. The van der Waals surface area contributed by atoms with Crippen molar-refractivity contribution in [2.45, 2.75) is 32.1 Å². The molecule has 0 aliphatic rings. The van der Waals surface area contributed by atoms with Gasteiger partial charge in [0.2, 0.25) is 0 Å². The van der Waals surface area contributed by atoms with Crippen LogP contribution in [0.2, 0.25) is 0 Å². The molecule has 124 valence electrons. The van der Waals surface area contributed by atoms with Gasteiger partial charge in [0.15, 0.2) is 0 Å². The first-order valence-corrected chi connectivity index (χ1v) is 7.82. The average Bonchev–Trinajstić information content (AvgIpc) is 2.55. The monoisotopic (exact) mass is 309 g/mol. The minimum atomic E-state index is -0.159. The largest absolute Gasteiger partial charge is 0.494 e. The van der Waals surface area contributed by atoms with Crippen molar-refractivity contribution in [3.63, 3.8) is 0 Å². The van der Waals surface area contributed by atoms with Crippen LogP contribution in [-0.2, 0) is 20.7 Å². The first-order chi connectivity index (χ1) is 10.8. The summed E-state index contributed by atoms with van der Waals surface area (Å²) in [4.78, 5) is 11.0. The van der Waals surface area contributed by atoms with Crippen LogP contribution in [0.25, 0.3) is 0 Å². The lowest BCUT2D eigenvalue weighted by molar-refractivity contribution is -0.140. The first-order valence-electron chi connectivity index (χ1n) is 7.82. The summed E-state index contributed by atoms with van der Waals surface area (Å²) in [6.45, 7) is 2.73. The molecule has 22 heavy (non-hydrogen) atoms. The molecule has 0 aliphatic carbocycles. The molecule has 0 saturated carbocycles. The number of nitrogens with two attached hydrogens (primary N) is 1. The van der Waals surface area contributed by atoms with Gasteiger partial charge in [0.1, 0.15) is 5.75 Å². The molecule has 1 rings (SSSR count). The molecular weight excluding hydrogens is 282 g/mol. The maximum Gasteiger partial charge on any atom is 0.305 e. The lowest BCUT2D eigenvalue weighted by Crippen LogP contribution is -2.07. The van der Waals surface area contributed by atoms with Crippen molar-refractivity contribution in [3.05, 3.63) is 29.8 Å². The van der Waals surface area contributed by atoms with Crippen molar-refractivity contribution in [1.82, 2.24) is 0 Å². The van der Waals surface area contributed by atoms with Crippen LogP contribution in [0.5, 0.6) is 5.75 Å². The highest BCUT2D eigenvalue weighted by Crippen LogP contribution is 2.14. The van der Waals surface area contributed by atoms with Gasteiger partial charge in [0.05, 0.1) is 13.7 Å². The Hall–Kier alpha value is -1.59. The summed E-state index contributed by atoms with van der Waals surface area (Å²) < 4.78 is 15.7. The Kier molecular flexibility index (Phi) is 10.1. The number of carbonyl (C=O) groups is 1. The van der Waals surface area contributed by atoms with E-state index in [9.17, 15) is 4.79 Å². The zero-order chi connectivity index (χ0) is 16.0. The van der Waals surface area contributed by atoms with Crippen LogP contribution in [0.1, 0.15) is 31.2 Å². The van der Waals surface area contributed by atoms with Crippen molar-refractivity contribution in [1.29, 1.82) is 0 Å². The number of aryl methyl sites for hydroxylation is 1. The summed E-state index contributed by atoms with van der Waals surface area (Å²) in [5, 5.41) is 0. The third-order valence-corrected chi connectivity index (χ3v) is 3.19. The smallest absolute Gasteiger partial charge is 0.305 e. The first kappa shape index (κ1) is 18.5.